The van der Waals surface area contributed by atoms with Crippen LogP contribution in [-0.4, -0.2) is 29.2 Å². The van der Waals surface area contributed by atoms with Gasteiger partial charge in [-0.2, -0.15) is 0 Å². The van der Waals surface area contributed by atoms with E-state index in [2.05, 4.69) is 32.7 Å². The molecule has 0 unspecified atom stereocenters. The van der Waals surface area contributed by atoms with Crippen LogP contribution in [0.15, 0.2) is 4.99 Å². The zero-order valence-corrected chi connectivity index (χ0v) is 13.2. The second kappa shape index (κ2) is 7.10. The van der Waals surface area contributed by atoms with Crippen LogP contribution in [0, 0.1) is 0 Å². The van der Waals surface area contributed by atoms with Crippen LogP contribution in [0.5, 0.6) is 0 Å². The second-order valence-electron chi connectivity index (χ2n) is 3.79. The van der Waals surface area contributed by atoms with Crippen molar-refractivity contribution in [2.75, 3.05) is 7.05 Å². The Morgan fingerprint density at radius 2 is 2.12 bits per heavy atom. The summed E-state index contributed by atoms with van der Waals surface area (Å²) in [7, 11) is 1.79. The van der Waals surface area contributed by atoms with Crippen molar-refractivity contribution in [2.24, 2.45) is 4.99 Å². The molecule has 2 rings (SSSR count). The van der Waals surface area contributed by atoms with Crippen LogP contribution in [0.4, 0.5) is 0 Å². The van der Waals surface area contributed by atoms with Gasteiger partial charge >= 0.3 is 0 Å². The average Bonchev–Trinajstić information content (AvgIpc) is 3.00. The average molecular weight is 367 g/mol. The van der Waals surface area contributed by atoms with Crippen LogP contribution < -0.4 is 10.6 Å². The number of rotatable bonds is 4. The van der Waals surface area contributed by atoms with E-state index in [1.165, 1.54) is 12.8 Å². The van der Waals surface area contributed by atoms with E-state index in [0.29, 0.717) is 12.6 Å². The van der Waals surface area contributed by atoms with E-state index in [1.54, 1.807) is 18.4 Å². The maximum Gasteiger partial charge on any atom is 0.191 e. The van der Waals surface area contributed by atoms with Crippen molar-refractivity contribution in [3.63, 3.8) is 0 Å². The van der Waals surface area contributed by atoms with Crippen molar-refractivity contribution in [3.8, 4) is 0 Å². The lowest BCUT2D eigenvalue weighted by Gasteiger charge is -2.08. The van der Waals surface area contributed by atoms with E-state index in [4.69, 9.17) is 0 Å². The van der Waals surface area contributed by atoms with E-state index in [9.17, 15) is 0 Å². The first-order valence-corrected chi connectivity index (χ1v) is 6.42. The summed E-state index contributed by atoms with van der Waals surface area (Å²) in [5.74, 6) is 0.857. The van der Waals surface area contributed by atoms with Gasteiger partial charge in [-0.05, 0) is 19.3 Å². The first-order valence-electron chi connectivity index (χ1n) is 5.60. The molecule has 0 amide bonds. The van der Waals surface area contributed by atoms with E-state index in [1.807, 2.05) is 0 Å². The van der Waals surface area contributed by atoms with Crippen molar-refractivity contribution in [1.82, 2.24) is 20.8 Å². The SMILES string of the molecule is CCc1nnc(CNC(=NC)NC2CC2)s1.I. The number of aryl methyl sites for hydroxylation is 1. The zero-order chi connectivity index (χ0) is 11.4. The standard InChI is InChI=1S/C10H17N5S.HI/c1-3-8-14-15-9(16-8)6-12-10(11-2)13-7-4-5-7;/h7H,3-6H2,1-2H3,(H2,11,12,13);1H. The lowest BCUT2D eigenvalue weighted by molar-refractivity contribution is 0.791. The molecule has 0 aliphatic heterocycles. The van der Waals surface area contributed by atoms with E-state index >= 15 is 0 Å². The molecule has 5 nitrogen and oxygen atoms in total. The smallest absolute Gasteiger partial charge is 0.191 e. The van der Waals surface area contributed by atoms with Crippen molar-refractivity contribution in [3.05, 3.63) is 10.0 Å². The molecule has 0 saturated heterocycles. The fraction of sp³-hybridized carbons (Fsp3) is 0.700. The lowest BCUT2D eigenvalue weighted by atomic mass is 10.5. The summed E-state index contributed by atoms with van der Waals surface area (Å²) >= 11 is 1.65. The van der Waals surface area contributed by atoms with Crippen LogP contribution in [0.2, 0.25) is 0 Å². The Morgan fingerprint density at radius 3 is 2.65 bits per heavy atom. The predicted octanol–water partition coefficient (Wildman–Crippen LogP) is 1.55. The Kier molecular flexibility index (Phi) is 6.10. The van der Waals surface area contributed by atoms with Gasteiger partial charge in [-0.15, -0.1) is 34.2 Å². The number of halogens is 1. The molecule has 0 spiro atoms. The van der Waals surface area contributed by atoms with Crippen molar-refractivity contribution >= 4 is 41.3 Å². The van der Waals surface area contributed by atoms with E-state index in [-0.39, 0.29) is 24.0 Å². The molecule has 96 valence electrons. The molecular formula is C10H18IN5S. The van der Waals surface area contributed by atoms with Crippen molar-refractivity contribution in [1.29, 1.82) is 0 Å². The molecule has 1 fully saturated rings. The Morgan fingerprint density at radius 1 is 1.41 bits per heavy atom. The van der Waals surface area contributed by atoms with Gasteiger partial charge in [0.05, 0.1) is 6.54 Å². The third-order valence-electron chi connectivity index (χ3n) is 2.36. The lowest BCUT2D eigenvalue weighted by Crippen LogP contribution is -2.38. The number of nitrogens with one attached hydrogen (secondary N) is 2. The molecule has 7 heteroatoms. The first kappa shape index (κ1) is 14.6. The van der Waals surface area contributed by atoms with Crippen LogP contribution >= 0.6 is 35.3 Å². The molecule has 2 N–H and O–H groups in total. The highest BCUT2D eigenvalue weighted by atomic mass is 127. The van der Waals surface area contributed by atoms with Crippen LogP contribution in [-0.2, 0) is 13.0 Å². The number of aliphatic imine (C=N–C) groups is 1. The molecule has 0 aromatic carbocycles. The minimum atomic E-state index is 0. The molecule has 0 bridgehead atoms. The molecule has 17 heavy (non-hydrogen) atoms. The third kappa shape index (κ3) is 4.74. The maximum absolute atomic E-state index is 4.16. The fourth-order valence-electron chi connectivity index (χ4n) is 1.28. The number of hydrogen-bond donors (Lipinski definition) is 2. The topological polar surface area (TPSA) is 62.2 Å². The fourth-order valence-corrected chi connectivity index (χ4v) is 2.00. The summed E-state index contributed by atoms with van der Waals surface area (Å²) < 4.78 is 0. The highest BCUT2D eigenvalue weighted by molar-refractivity contribution is 14.0. The van der Waals surface area contributed by atoms with Gasteiger partial charge in [0.15, 0.2) is 5.96 Å². The Balaban J connectivity index is 0.00000144. The monoisotopic (exact) mass is 367 g/mol. The normalized spacial score (nSPS) is 15.3. The molecular weight excluding hydrogens is 349 g/mol. The molecule has 1 saturated carbocycles. The molecule has 1 aliphatic carbocycles. The van der Waals surface area contributed by atoms with Crippen LogP contribution in [0.25, 0.3) is 0 Å². The molecule has 1 aliphatic rings. The van der Waals surface area contributed by atoms with Crippen molar-refractivity contribution in [2.45, 2.75) is 38.8 Å². The summed E-state index contributed by atoms with van der Waals surface area (Å²) in [5.41, 5.74) is 0. The van der Waals surface area contributed by atoms with Gasteiger partial charge in [0.25, 0.3) is 0 Å². The predicted molar refractivity (Wildman–Crippen MR) is 81.1 cm³/mol. The van der Waals surface area contributed by atoms with Crippen molar-refractivity contribution < 1.29 is 0 Å². The van der Waals surface area contributed by atoms with Crippen LogP contribution in [0.1, 0.15) is 29.8 Å². The Hall–Kier alpha value is -0.440. The summed E-state index contributed by atoms with van der Waals surface area (Å²) in [6.45, 7) is 2.79. The largest absolute Gasteiger partial charge is 0.354 e. The molecule has 1 heterocycles. The summed E-state index contributed by atoms with van der Waals surface area (Å²) in [6, 6.07) is 0.617. The van der Waals surface area contributed by atoms with Gasteiger partial charge in [0.1, 0.15) is 10.0 Å². The maximum atomic E-state index is 4.16. The number of nitrogens with zero attached hydrogens (tertiary/aromatic N) is 3. The number of guanidine groups is 1. The Labute approximate surface area is 123 Å². The van der Waals surface area contributed by atoms with Crippen LogP contribution in [0.3, 0.4) is 0 Å². The third-order valence-corrected chi connectivity index (χ3v) is 3.43. The van der Waals surface area contributed by atoms with E-state index < -0.39 is 0 Å². The van der Waals surface area contributed by atoms with Gasteiger partial charge in [-0.3, -0.25) is 4.99 Å². The molecule has 1 aromatic heterocycles. The summed E-state index contributed by atoms with van der Waals surface area (Å²) in [6.07, 6.45) is 3.45. The summed E-state index contributed by atoms with van der Waals surface area (Å²) in [4.78, 5) is 4.16. The van der Waals surface area contributed by atoms with Gasteiger partial charge in [-0.1, -0.05) is 18.3 Å². The minimum Gasteiger partial charge on any atom is -0.354 e. The van der Waals surface area contributed by atoms with Gasteiger partial charge in [0.2, 0.25) is 0 Å². The quantitative estimate of drug-likeness (QED) is 0.482. The highest BCUT2D eigenvalue weighted by Crippen LogP contribution is 2.18. The molecule has 1 aromatic rings. The highest BCUT2D eigenvalue weighted by Gasteiger charge is 2.22. The van der Waals surface area contributed by atoms with Gasteiger partial charge < -0.3 is 10.6 Å². The molecule has 0 radical (unpaired) electrons. The minimum absolute atomic E-state index is 0. The number of aromatic nitrogens is 2. The number of hydrogen-bond acceptors (Lipinski definition) is 4. The molecule has 0 atom stereocenters. The zero-order valence-electron chi connectivity index (χ0n) is 10.1. The summed E-state index contributed by atoms with van der Waals surface area (Å²) in [5, 5.41) is 16.9. The Bertz CT molecular complexity index is 375. The van der Waals surface area contributed by atoms with Gasteiger partial charge in [-0.25, -0.2) is 0 Å². The second-order valence-corrected chi connectivity index (χ2v) is 4.93. The van der Waals surface area contributed by atoms with Gasteiger partial charge in [0, 0.05) is 13.1 Å². The van der Waals surface area contributed by atoms with E-state index in [0.717, 1.165) is 22.4 Å². The first-order chi connectivity index (χ1) is 7.81.